The average Bonchev–Trinajstić information content (AvgIpc) is 3.11. The zero-order valence-corrected chi connectivity index (χ0v) is 18.3. The van der Waals surface area contributed by atoms with Gasteiger partial charge in [0.25, 0.3) is 0 Å². The molecule has 31 heavy (non-hydrogen) atoms. The van der Waals surface area contributed by atoms with Gasteiger partial charge in [0.05, 0.1) is 6.61 Å². The minimum Gasteiger partial charge on any atom is -0.431 e. The van der Waals surface area contributed by atoms with Crippen LogP contribution in [-0.4, -0.2) is 47.1 Å². The number of carbonyl (C=O) groups excluding carboxylic acids is 2. The van der Waals surface area contributed by atoms with Crippen molar-refractivity contribution in [2.24, 2.45) is 29.1 Å². The topological polar surface area (TPSA) is 93.1 Å². The maximum absolute atomic E-state index is 12.4. The van der Waals surface area contributed by atoms with Crippen LogP contribution in [0.1, 0.15) is 64.7 Å². The summed E-state index contributed by atoms with van der Waals surface area (Å²) in [6.07, 6.45) is 13.9. The highest BCUT2D eigenvalue weighted by molar-refractivity contribution is 5.91. The molecule has 0 bridgehead atoms. The van der Waals surface area contributed by atoms with Gasteiger partial charge in [0.1, 0.15) is 12.7 Å². The Morgan fingerprint density at radius 2 is 2.06 bits per heavy atom. The highest BCUT2D eigenvalue weighted by Gasteiger charge is 2.66. The first kappa shape index (κ1) is 22.4. The van der Waals surface area contributed by atoms with Gasteiger partial charge in [0.2, 0.25) is 0 Å². The van der Waals surface area contributed by atoms with Crippen molar-refractivity contribution in [2.75, 3.05) is 13.2 Å². The zero-order valence-electron chi connectivity index (χ0n) is 18.3. The molecule has 6 nitrogen and oxygen atoms in total. The Balaban J connectivity index is 1.55. The summed E-state index contributed by atoms with van der Waals surface area (Å²) in [4.78, 5) is 24.4. The van der Waals surface area contributed by atoms with Crippen LogP contribution in [-0.2, 0) is 14.3 Å². The Morgan fingerprint density at radius 1 is 1.26 bits per heavy atom. The van der Waals surface area contributed by atoms with E-state index in [0.29, 0.717) is 36.5 Å². The van der Waals surface area contributed by atoms with Crippen molar-refractivity contribution in [1.29, 1.82) is 0 Å². The van der Waals surface area contributed by atoms with E-state index in [2.05, 4.69) is 12.8 Å². The summed E-state index contributed by atoms with van der Waals surface area (Å²) in [7, 11) is 0. The van der Waals surface area contributed by atoms with E-state index in [1.165, 1.54) is 5.57 Å². The Kier molecular flexibility index (Phi) is 6.20. The number of fused-ring (bicyclic) bond motifs is 5. The molecule has 0 heterocycles. The molecule has 0 aromatic carbocycles. The summed E-state index contributed by atoms with van der Waals surface area (Å²) in [5.74, 6) is 5.16. The molecule has 0 amide bonds. The fourth-order valence-corrected chi connectivity index (χ4v) is 7.51. The van der Waals surface area contributed by atoms with Gasteiger partial charge in [-0.25, -0.2) is 4.79 Å². The second-order valence-corrected chi connectivity index (χ2v) is 9.86. The largest absolute Gasteiger partial charge is 0.509 e. The summed E-state index contributed by atoms with van der Waals surface area (Å²) in [6, 6.07) is 0. The standard InChI is InChI=1S/C25H34O6/c1-3-24-11-9-20-19-8-6-17(27)13-16(19)5-7-21(20)22(24)10-12-25(24,4-2)31-23(29)30-15-18(28)14-26/h2,13,18-22,26,28H,3,5-12,14-15H2,1H3. The molecule has 0 radical (unpaired) electrons. The van der Waals surface area contributed by atoms with Crippen LogP contribution in [0.4, 0.5) is 4.79 Å². The third kappa shape index (κ3) is 3.60. The summed E-state index contributed by atoms with van der Waals surface area (Å²) >= 11 is 0. The van der Waals surface area contributed by atoms with Crippen LogP contribution in [0.2, 0.25) is 0 Å². The Hall–Kier alpha value is -1.84. The number of ketones is 1. The molecule has 4 aliphatic rings. The Bertz CT molecular complexity index is 796. The molecule has 4 rings (SSSR count). The molecule has 0 saturated heterocycles. The van der Waals surface area contributed by atoms with Crippen LogP contribution in [0.3, 0.4) is 0 Å². The van der Waals surface area contributed by atoms with Crippen molar-refractivity contribution in [3.63, 3.8) is 0 Å². The highest BCUT2D eigenvalue weighted by atomic mass is 16.7. The van der Waals surface area contributed by atoms with Crippen LogP contribution in [0.15, 0.2) is 11.6 Å². The van der Waals surface area contributed by atoms with Crippen molar-refractivity contribution in [3.8, 4) is 12.3 Å². The van der Waals surface area contributed by atoms with E-state index in [1.54, 1.807) is 0 Å². The van der Waals surface area contributed by atoms with Crippen LogP contribution in [0.5, 0.6) is 0 Å². The van der Waals surface area contributed by atoms with E-state index in [0.717, 1.165) is 44.9 Å². The highest BCUT2D eigenvalue weighted by Crippen LogP contribution is 2.67. The van der Waals surface area contributed by atoms with Gasteiger partial charge in [-0.3, -0.25) is 4.79 Å². The van der Waals surface area contributed by atoms with Gasteiger partial charge < -0.3 is 19.7 Å². The molecule has 3 fully saturated rings. The molecule has 0 aliphatic heterocycles. The quantitative estimate of drug-likeness (QED) is 0.513. The zero-order chi connectivity index (χ0) is 22.2. The Labute approximate surface area is 184 Å². The summed E-state index contributed by atoms with van der Waals surface area (Å²) < 4.78 is 10.9. The van der Waals surface area contributed by atoms with Crippen molar-refractivity contribution in [2.45, 2.75) is 76.4 Å². The fourth-order valence-electron chi connectivity index (χ4n) is 7.51. The second-order valence-electron chi connectivity index (χ2n) is 9.86. The third-order valence-electron chi connectivity index (χ3n) is 8.85. The molecule has 0 aromatic rings. The van der Waals surface area contributed by atoms with E-state index in [-0.39, 0.29) is 17.8 Å². The second kappa shape index (κ2) is 8.60. The lowest BCUT2D eigenvalue weighted by Crippen LogP contribution is -2.55. The third-order valence-corrected chi connectivity index (χ3v) is 8.85. The van der Waals surface area contributed by atoms with Gasteiger partial charge in [-0.1, -0.05) is 18.4 Å². The van der Waals surface area contributed by atoms with E-state index in [9.17, 15) is 14.7 Å². The Morgan fingerprint density at radius 3 is 2.77 bits per heavy atom. The molecule has 6 heteroatoms. The van der Waals surface area contributed by atoms with E-state index in [4.69, 9.17) is 21.0 Å². The molecule has 7 unspecified atom stereocenters. The van der Waals surface area contributed by atoms with Crippen molar-refractivity contribution in [3.05, 3.63) is 11.6 Å². The van der Waals surface area contributed by atoms with Crippen LogP contribution in [0, 0.1) is 41.4 Å². The number of aliphatic hydroxyl groups is 2. The molecule has 4 aliphatic carbocycles. The number of aliphatic hydroxyl groups excluding tert-OH is 2. The van der Waals surface area contributed by atoms with Gasteiger partial charge in [0.15, 0.2) is 11.4 Å². The molecular weight excluding hydrogens is 396 g/mol. The number of hydrogen-bond donors (Lipinski definition) is 2. The number of allylic oxidation sites excluding steroid dienone is 1. The van der Waals surface area contributed by atoms with Crippen molar-refractivity contribution >= 4 is 11.9 Å². The first-order valence-corrected chi connectivity index (χ1v) is 11.8. The van der Waals surface area contributed by atoms with Gasteiger partial charge in [-0.15, -0.1) is 6.42 Å². The van der Waals surface area contributed by atoms with E-state index in [1.807, 2.05) is 6.08 Å². The molecule has 2 N–H and O–H groups in total. The first-order valence-electron chi connectivity index (χ1n) is 11.8. The molecule has 3 saturated carbocycles. The number of hydrogen-bond acceptors (Lipinski definition) is 6. The van der Waals surface area contributed by atoms with Crippen molar-refractivity contribution < 1.29 is 29.3 Å². The minimum atomic E-state index is -1.13. The summed E-state index contributed by atoms with van der Waals surface area (Å²) in [6.45, 7) is 1.34. The van der Waals surface area contributed by atoms with Crippen LogP contribution in [0.25, 0.3) is 0 Å². The summed E-state index contributed by atoms with van der Waals surface area (Å²) in [5.41, 5.74) is 0.0746. The van der Waals surface area contributed by atoms with Gasteiger partial charge in [-0.2, -0.15) is 0 Å². The number of carbonyl (C=O) groups is 2. The van der Waals surface area contributed by atoms with E-state index >= 15 is 0 Å². The molecule has 7 atom stereocenters. The average molecular weight is 431 g/mol. The van der Waals surface area contributed by atoms with Crippen LogP contribution >= 0.6 is 0 Å². The lowest BCUT2D eigenvalue weighted by atomic mass is 9.49. The lowest BCUT2D eigenvalue weighted by Gasteiger charge is -2.56. The maximum atomic E-state index is 12.4. The fraction of sp³-hybridized carbons (Fsp3) is 0.760. The summed E-state index contributed by atoms with van der Waals surface area (Å²) in [5, 5.41) is 18.4. The number of ether oxygens (including phenoxy) is 2. The van der Waals surface area contributed by atoms with Gasteiger partial charge >= 0.3 is 6.16 Å². The smallest absolute Gasteiger partial charge is 0.431 e. The molecular formula is C25H34O6. The van der Waals surface area contributed by atoms with E-state index < -0.39 is 24.5 Å². The van der Waals surface area contributed by atoms with Gasteiger partial charge in [0, 0.05) is 11.8 Å². The number of rotatable bonds is 5. The predicted molar refractivity (Wildman–Crippen MR) is 114 cm³/mol. The normalized spacial score (nSPS) is 39.9. The lowest BCUT2D eigenvalue weighted by molar-refractivity contribution is -0.122. The monoisotopic (exact) mass is 430 g/mol. The number of terminal acetylenes is 1. The first-order chi connectivity index (χ1) is 14.9. The van der Waals surface area contributed by atoms with Crippen LogP contribution < -0.4 is 0 Å². The van der Waals surface area contributed by atoms with Gasteiger partial charge in [-0.05, 0) is 81.1 Å². The SMILES string of the molecule is C#CC1(OC(=O)OCC(O)CO)CCC2C3CCC4=CC(=O)CCC4C3CCC21CC. The maximum Gasteiger partial charge on any atom is 0.509 e. The molecule has 0 aromatic heterocycles. The minimum absolute atomic E-state index is 0.272. The van der Waals surface area contributed by atoms with Crippen molar-refractivity contribution in [1.82, 2.24) is 0 Å². The molecule has 170 valence electrons. The molecule has 0 spiro atoms. The predicted octanol–water partition coefficient (Wildman–Crippen LogP) is 3.40.